The third kappa shape index (κ3) is 4.53. The van der Waals surface area contributed by atoms with E-state index in [4.69, 9.17) is 23.2 Å². The van der Waals surface area contributed by atoms with E-state index in [-0.39, 0.29) is 23.6 Å². The molecule has 1 aromatic heterocycles. The van der Waals surface area contributed by atoms with Crippen LogP contribution in [0.2, 0.25) is 10.0 Å². The Bertz CT molecular complexity index is 1350. The number of amides is 1. The predicted octanol–water partition coefficient (Wildman–Crippen LogP) is 5.84. The summed E-state index contributed by atoms with van der Waals surface area (Å²) in [6.45, 7) is 2.18. The Morgan fingerprint density at radius 2 is 1.79 bits per heavy atom. The Morgan fingerprint density at radius 1 is 1.03 bits per heavy atom. The zero-order chi connectivity index (χ0) is 23.7. The number of rotatable bonds is 5. The van der Waals surface area contributed by atoms with Crippen LogP contribution < -0.4 is 0 Å². The number of hydrogen-bond acceptors (Lipinski definition) is 4. The van der Waals surface area contributed by atoms with Gasteiger partial charge >= 0.3 is 0 Å². The van der Waals surface area contributed by atoms with Gasteiger partial charge in [-0.2, -0.15) is 5.10 Å². The zero-order valence-electron chi connectivity index (χ0n) is 18.0. The van der Waals surface area contributed by atoms with Crippen LogP contribution in [0.1, 0.15) is 21.5 Å². The molecule has 8 heteroatoms. The number of aryl methyl sites for hydroxylation is 1. The fourth-order valence-corrected chi connectivity index (χ4v) is 4.11. The molecule has 0 saturated heterocycles. The summed E-state index contributed by atoms with van der Waals surface area (Å²) < 4.78 is 1.69. The monoisotopic (exact) mass is 481 g/mol. The molecule has 0 bridgehead atoms. The van der Waals surface area contributed by atoms with Crippen LogP contribution in [-0.2, 0) is 6.54 Å². The minimum absolute atomic E-state index is 0.0490. The third-order valence-corrected chi connectivity index (χ3v) is 5.96. The molecule has 0 radical (unpaired) electrons. The predicted molar refractivity (Wildman–Crippen MR) is 129 cm³/mol. The molecule has 0 fully saturated rings. The lowest BCUT2D eigenvalue weighted by molar-refractivity contribution is 0.0782. The number of hydrogen-bond donors (Lipinski definition) is 2. The van der Waals surface area contributed by atoms with E-state index in [9.17, 15) is 15.0 Å². The van der Waals surface area contributed by atoms with Crippen LogP contribution in [0.15, 0.2) is 66.9 Å². The number of halogens is 2. The van der Waals surface area contributed by atoms with Crippen molar-refractivity contribution in [2.75, 3.05) is 7.05 Å². The van der Waals surface area contributed by atoms with Crippen molar-refractivity contribution in [3.63, 3.8) is 0 Å². The zero-order valence-corrected chi connectivity index (χ0v) is 19.5. The smallest absolute Gasteiger partial charge is 0.257 e. The van der Waals surface area contributed by atoms with Crippen LogP contribution >= 0.6 is 23.2 Å². The summed E-state index contributed by atoms with van der Waals surface area (Å²) >= 11 is 12.2. The molecule has 4 rings (SSSR count). The van der Waals surface area contributed by atoms with Gasteiger partial charge < -0.3 is 15.1 Å². The highest BCUT2D eigenvalue weighted by molar-refractivity contribution is 6.35. The van der Waals surface area contributed by atoms with Gasteiger partial charge in [-0.25, -0.2) is 4.68 Å². The van der Waals surface area contributed by atoms with E-state index < -0.39 is 5.91 Å². The van der Waals surface area contributed by atoms with E-state index in [2.05, 4.69) is 5.10 Å². The summed E-state index contributed by atoms with van der Waals surface area (Å²) in [5.41, 5.74) is 3.55. The van der Waals surface area contributed by atoms with Crippen LogP contribution in [-0.4, -0.2) is 37.8 Å². The number of aromatic hydroxyl groups is 2. The largest absolute Gasteiger partial charge is 0.507 e. The van der Waals surface area contributed by atoms with Gasteiger partial charge in [0, 0.05) is 35.3 Å². The summed E-state index contributed by atoms with van der Waals surface area (Å²) in [6, 6.07) is 17.1. The van der Waals surface area contributed by atoms with Gasteiger partial charge in [-0.1, -0.05) is 47.5 Å². The number of nitrogens with zero attached hydrogens (tertiary/aromatic N) is 3. The van der Waals surface area contributed by atoms with Crippen LogP contribution in [0.5, 0.6) is 11.5 Å². The Morgan fingerprint density at radius 3 is 2.52 bits per heavy atom. The lowest BCUT2D eigenvalue weighted by Gasteiger charge is -2.20. The Kier molecular flexibility index (Phi) is 6.31. The molecule has 0 aliphatic heterocycles. The molecule has 0 saturated carbocycles. The Labute approximate surface area is 201 Å². The third-order valence-electron chi connectivity index (χ3n) is 5.38. The lowest BCUT2D eigenvalue weighted by Crippen LogP contribution is -2.26. The standard InChI is InChI=1S/C25H21Cl2N3O3/c1-15-5-3-4-6-21(15)30-22(9-10-28-30)18-12-19(24(32)13-23(18)31)25(33)29(2)14-16-7-8-17(26)11-20(16)27/h3-13,31-32H,14H2,1-2H3. The molecule has 0 aliphatic rings. The molecule has 1 amide bonds. The van der Waals surface area contributed by atoms with Gasteiger partial charge in [-0.3, -0.25) is 4.79 Å². The average molecular weight is 482 g/mol. The van der Waals surface area contributed by atoms with E-state index in [1.54, 1.807) is 42.2 Å². The topological polar surface area (TPSA) is 78.6 Å². The molecule has 0 aliphatic carbocycles. The van der Waals surface area contributed by atoms with Crippen molar-refractivity contribution in [3.8, 4) is 28.4 Å². The summed E-state index contributed by atoms with van der Waals surface area (Å²) in [5, 5.41) is 26.4. The molecule has 0 unspecified atom stereocenters. The SMILES string of the molecule is Cc1ccccc1-n1nccc1-c1cc(C(=O)N(C)Cc2ccc(Cl)cc2Cl)c(O)cc1O. The fraction of sp³-hybridized carbons (Fsp3) is 0.120. The van der Waals surface area contributed by atoms with Crippen molar-refractivity contribution in [1.29, 1.82) is 0 Å². The minimum atomic E-state index is -0.429. The van der Waals surface area contributed by atoms with Gasteiger partial charge in [0.1, 0.15) is 11.5 Å². The molecule has 0 atom stereocenters. The summed E-state index contributed by atoms with van der Waals surface area (Å²) in [7, 11) is 1.61. The number of phenolic OH excluding ortho intramolecular Hbond substituents is 2. The van der Waals surface area contributed by atoms with Gasteiger partial charge in [0.05, 0.1) is 23.1 Å². The van der Waals surface area contributed by atoms with Crippen LogP contribution in [0.3, 0.4) is 0 Å². The molecule has 1 heterocycles. The van der Waals surface area contributed by atoms with Gasteiger partial charge in [0.15, 0.2) is 0 Å². The van der Waals surface area contributed by atoms with E-state index in [1.165, 1.54) is 17.0 Å². The second kappa shape index (κ2) is 9.17. The number of carbonyl (C=O) groups is 1. The summed E-state index contributed by atoms with van der Waals surface area (Å²) in [4.78, 5) is 14.6. The van der Waals surface area contributed by atoms with Crippen LogP contribution in [0.25, 0.3) is 16.9 Å². The van der Waals surface area contributed by atoms with Crippen molar-refractivity contribution >= 4 is 29.1 Å². The van der Waals surface area contributed by atoms with Crippen molar-refractivity contribution in [2.24, 2.45) is 0 Å². The van der Waals surface area contributed by atoms with Crippen LogP contribution in [0.4, 0.5) is 0 Å². The first kappa shape index (κ1) is 22.7. The van der Waals surface area contributed by atoms with Gasteiger partial charge in [0.2, 0.25) is 0 Å². The molecule has 0 spiro atoms. The van der Waals surface area contributed by atoms with Gasteiger partial charge in [-0.15, -0.1) is 0 Å². The maximum atomic E-state index is 13.2. The van der Waals surface area contributed by atoms with E-state index >= 15 is 0 Å². The Balaban J connectivity index is 1.71. The van der Waals surface area contributed by atoms with Crippen molar-refractivity contribution in [3.05, 3.63) is 93.6 Å². The second-order valence-corrected chi connectivity index (χ2v) is 8.54. The maximum Gasteiger partial charge on any atom is 0.257 e. The molecule has 4 aromatic rings. The first-order chi connectivity index (χ1) is 15.8. The number of aromatic nitrogens is 2. The number of carbonyl (C=O) groups excluding carboxylic acids is 1. The lowest BCUT2D eigenvalue weighted by atomic mass is 10.0. The van der Waals surface area contributed by atoms with E-state index in [0.717, 1.165) is 11.3 Å². The molecule has 6 nitrogen and oxygen atoms in total. The molecule has 2 N–H and O–H groups in total. The second-order valence-electron chi connectivity index (χ2n) is 7.70. The summed E-state index contributed by atoms with van der Waals surface area (Å²) in [5.74, 6) is -0.915. The highest BCUT2D eigenvalue weighted by Crippen LogP contribution is 2.36. The van der Waals surface area contributed by atoms with Crippen molar-refractivity contribution in [2.45, 2.75) is 13.5 Å². The molecular formula is C25H21Cl2N3O3. The van der Waals surface area contributed by atoms with Crippen molar-refractivity contribution < 1.29 is 15.0 Å². The summed E-state index contributed by atoms with van der Waals surface area (Å²) in [6.07, 6.45) is 1.62. The highest BCUT2D eigenvalue weighted by Gasteiger charge is 2.22. The first-order valence-corrected chi connectivity index (χ1v) is 10.9. The first-order valence-electron chi connectivity index (χ1n) is 10.1. The Hall–Kier alpha value is -3.48. The number of para-hydroxylation sites is 1. The van der Waals surface area contributed by atoms with E-state index in [1.807, 2.05) is 31.2 Å². The fourth-order valence-electron chi connectivity index (χ4n) is 3.64. The van der Waals surface area contributed by atoms with Crippen molar-refractivity contribution in [1.82, 2.24) is 14.7 Å². The number of phenols is 2. The maximum absolute atomic E-state index is 13.2. The van der Waals surface area contributed by atoms with Gasteiger partial charge in [-0.05, 0) is 48.4 Å². The normalized spacial score (nSPS) is 10.9. The minimum Gasteiger partial charge on any atom is -0.507 e. The van der Waals surface area contributed by atoms with Gasteiger partial charge in [0.25, 0.3) is 5.91 Å². The number of benzene rings is 3. The molecular weight excluding hydrogens is 461 g/mol. The molecule has 3 aromatic carbocycles. The molecule has 33 heavy (non-hydrogen) atoms. The quantitative estimate of drug-likeness (QED) is 0.375. The highest BCUT2D eigenvalue weighted by atomic mass is 35.5. The van der Waals surface area contributed by atoms with E-state index in [0.29, 0.717) is 26.9 Å². The molecule has 168 valence electrons. The van der Waals surface area contributed by atoms with Crippen LogP contribution in [0, 0.1) is 6.92 Å². The average Bonchev–Trinajstić information content (AvgIpc) is 3.25.